The lowest BCUT2D eigenvalue weighted by atomic mass is 9.91. The van der Waals surface area contributed by atoms with E-state index < -0.39 is 0 Å². The van der Waals surface area contributed by atoms with Gasteiger partial charge in [-0.3, -0.25) is 4.90 Å². The van der Waals surface area contributed by atoms with Gasteiger partial charge in [0.15, 0.2) is 0 Å². The lowest BCUT2D eigenvalue weighted by Crippen LogP contribution is -2.43. The molecular weight excluding hydrogens is 224 g/mol. The van der Waals surface area contributed by atoms with Gasteiger partial charge in [0.1, 0.15) is 0 Å². The third kappa shape index (κ3) is 3.10. The van der Waals surface area contributed by atoms with Crippen LogP contribution in [0.3, 0.4) is 0 Å². The average Bonchev–Trinajstić information content (AvgIpc) is 2.39. The topological polar surface area (TPSA) is 49.5 Å². The predicted octanol–water partition coefficient (Wildman–Crippen LogP) is 1.88. The maximum atomic E-state index is 10.1. The van der Waals surface area contributed by atoms with E-state index in [1.54, 1.807) is 0 Å². The first-order valence-corrected chi connectivity index (χ1v) is 6.87. The Morgan fingerprint density at radius 1 is 1.22 bits per heavy atom. The van der Waals surface area contributed by atoms with Crippen LogP contribution < -0.4 is 5.73 Å². The number of aliphatic hydroxyl groups is 1. The number of nitrogens with two attached hydrogens (primary N) is 1. The number of hydrogen-bond acceptors (Lipinski definition) is 3. The molecular formula is C15H24N2O. The highest BCUT2D eigenvalue weighted by Gasteiger charge is 2.26. The molecule has 0 aromatic heterocycles. The molecule has 3 heteroatoms. The summed E-state index contributed by atoms with van der Waals surface area (Å²) in [6.07, 6.45) is 4.25. The van der Waals surface area contributed by atoms with Gasteiger partial charge < -0.3 is 10.8 Å². The zero-order chi connectivity index (χ0) is 13.0. The van der Waals surface area contributed by atoms with E-state index in [-0.39, 0.29) is 6.10 Å². The summed E-state index contributed by atoms with van der Waals surface area (Å²) in [7, 11) is 2.10. The van der Waals surface area contributed by atoms with E-state index in [0.29, 0.717) is 12.6 Å². The molecule has 3 N–H and O–H groups in total. The molecule has 1 fully saturated rings. The quantitative estimate of drug-likeness (QED) is 0.855. The lowest BCUT2D eigenvalue weighted by Gasteiger charge is -2.35. The first-order chi connectivity index (χ1) is 8.72. The largest absolute Gasteiger partial charge is 0.391 e. The van der Waals surface area contributed by atoms with Crippen molar-refractivity contribution in [1.82, 2.24) is 4.90 Å². The van der Waals surface area contributed by atoms with Gasteiger partial charge in [0.05, 0.1) is 6.10 Å². The minimum absolute atomic E-state index is 0.172. The summed E-state index contributed by atoms with van der Waals surface area (Å²) in [5, 5.41) is 10.1. The second-order valence-corrected chi connectivity index (χ2v) is 5.31. The molecule has 2 atom stereocenters. The predicted molar refractivity (Wildman–Crippen MR) is 74.1 cm³/mol. The normalized spacial score (nSPS) is 24.4. The van der Waals surface area contributed by atoms with E-state index in [0.717, 1.165) is 25.8 Å². The molecule has 0 radical (unpaired) electrons. The molecule has 1 aromatic carbocycles. The van der Waals surface area contributed by atoms with Gasteiger partial charge in [0.25, 0.3) is 0 Å². The first-order valence-electron chi connectivity index (χ1n) is 6.87. The zero-order valence-corrected chi connectivity index (χ0v) is 11.2. The third-order valence-electron chi connectivity index (χ3n) is 4.02. The van der Waals surface area contributed by atoms with E-state index in [4.69, 9.17) is 5.73 Å². The Balaban J connectivity index is 2.03. The molecule has 1 aliphatic carbocycles. The Hall–Kier alpha value is -0.900. The van der Waals surface area contributed by atoms with Crippen LogP contribution in [0.5, 0.6) is 0 Å². The minimum Gasteiger partial charge on any atom is -0.391 e. The van der Waals surface area contributed by atoms with E-state index in [1.165, 1.54) is 17.5 Å². The molecule has 2 unspecified atom stereocenters. The molecule has 0 saturated heterocycles. The van der Waals surface area contributed by atoms with Gasteiger partial charge in [-0.25, -0.2) is 0 Å². The number of aliphatic hydroxyl groups excluding tert-OH is 1. The number of likely N-dealkylation sites (N-methyl/N-ethyl adjacent to an activating group) is 1. The summed E-state index contributed by atoms with van der Waals surface area (Å²) in [6, 6.07) is 8.60. The molecule has 18 heavy (non-hydrogen) atoms. The van der Waals surface area contributed by atoms with Crippen LogP contribution in [0.4, 0.5) is 0 Å². The molecule has 2 rings (SSSR count). The third-order valence-corrected chi connectivity index (χ3v) is 4.02. The summed E-state index contributed by atoms with van der Waals surface area (Å²) < 4.78 is 0. The van der Waals surface area contributed by atoms with Crippen molar-refractivity contribution >= 4 is 0 Å². The zero-order valence-electron chi connectivity index (χ0n) is 11.2. The maximum absolute atomic E-state index is 10.1. The summed E-state index contributed by atoms with van der Waals surface area (Å²) in [6.45, 7) is 1.45. The molecule has 0 heterocycles. The molecule has 1 aromatic rings. The van der Waals surface area contributed by atoms with Gasteiger partial charge >= 0.3 is 0 Å². The van der Waals surface area contributed by atoms with Crippen molar-refractivity contribution in [1.29, 1.82) is 0 Å². The highest BCUT2D eigenvalue weighted by atomic mass is 16.3. The fourth-order valence-electron chi connectivity index (χ4n) is 2.90. The van der Waals surface area contributed by atoms with Crippen molar-refractivity contribution in [3.8, 4) is 0 Å². The second-order valence-electron chi connectivity index (χ2n) is 5.31. The van der Waals surface area contributed by atoms with Gasteiger partial charge in [-0.15, -0.1) is 0 Å². The Kier molecular flexibility index (Phi) is 4.75. The Morgan fingerprint density at radius 2 is 1.89 bits per heavy atom. The van der Waals surface area contributed by atoms with Crippen molar-refractivity contribution in [2.45, 2.75) is 50.9 Å². The summed E-state index contributed by atoms with van der Waals surface area (Å²) in [5.41, 5.74) is 8.25. The highest BCUT2D eigenvalue weighted by molar-refractivity contribution is 5.26. The number of benzene rings is 1. The van der Waals surface area contributed by atoms with Crippen LogP contribution in [0, 0.1) is 0 Å². The molecule has 0 amide bonds. The molecule has 0 spiro atoms. The monoisotopic (exact) mass is 248 g/mol. The van der Waals surface area contributed by atoms with Crippen LogP contribution in [0.25, 0.3) is 0 Å². The summed E-state index contributed by atoms with van der Waals surface area (Å²) in [5.74, 6) is 0. The minimum atomic E-state index is -0.172. The number of hydrogen-bond donors (Lipinski definition) is 2. The van der Waals surface area contributed by atoms with Crippen LogP contribution in [0.15, 0.2) is 24.3 Å². The number of rotatable bonds is 4. The maximum Gasteiger partial charge on any atom is 0.0695 e. The molecule has 100 valence electrons. The van der Waals surface area contributed by atoms with Crippen LogP contribution in [0.1, 0.15) is 36.8 Å². The van der Waals surface area contributed by atoms with Gasteiger partial charge in [-0.1, -0.05) is 37.1 Å². The van der Waals surface area contributed by atoms with Crippen molar-refractivity contribution in [3.05, 3.63) is 35.4 Å². The first kappa shape index (κ1) is 13.5. The van der Waals surface area contributed by atoms with Crippen LogP contribution >= 0.6 is 0 Å². The fraction of sp³-hybridized carbons (Fsp3) is 0.600. The van der Waals surface area contributed by atoms with Crippen LogP contribution in [-0.2, 0) is 13.1 Å². The standard InChI is InChI=1S/C15H24N2O/c1-17(14-8-4-5-9-15(14)18)11-13-7-3-2-6-12(13)10-16/h2-3,6-7,14-15,18H,4-5,8-11,16H2,1H3. The van der Waals surface area contributed by atoms with Crippen LogP contribution in [0.2, 0.25) is 0 Å². The fourth-order valence-corrected chi connectivity index (χ4v) is 2.90. The number of nitrogens with zero attached hydrogens (tertiary/aromatic N) is 1. The van der Waals surface area contributed by atoms with Crippen molar-refractivity contribution < 1.29 is 5.11 Å². The van der Waals surface area contributed by atoms with Crippen molar-refractivity contribution in [2.24, 2.45) is 5.73 Å². The van der Waals surface area contributed by atoms with E-state index in [2.05, 4.69) is 30.1 Å². The van der Waals surface area contributed by atoms with E-state index in [9.17, 15) is 5.11 Å². The molecule has 0 bridgehead atoms. The second kappa shape index (κ2) is 6.32. The summed E-state index contributed by atoms with van der Waals surface area (Å²) >= 11 is 0. The van der Waals surface area contributed by atoms with Gasteiger partial charge in [0, 0.05) is 19.1 Å². The van der Waals surface area contributed by atoms with Crippen molar-refractivity contribution in [2.75, 3.05) is 7.05 Å². The molecule has 3 nitrogen and oxygen atoms in total. The van der Waals surface area contributed by atoms with E-state index in [1.807, 2.05) is 6.07 Å². The van der Waals surface area contributed by atoms with Gasteiger partial charge in [-0.2, -0.15) is 0 Å². The Bertz CT molecular complexity index is 381. The Morgan fingerprint density at radius 3 is 2.56 bits per heavy atom. The SMILES string of the molecule is CN(Cc1ccccc1CN)C1CCCCC1O. The average molecular weight is 248 g/mol. The van der Waals surface area contributed by atoms with E-state index >= 15 is 0 Å². The summed E-state index contributed by atoms with van der Waals surface area (Å²) in [4.78, 5) is 2.28. The smallest absolute Gasteiger partial charge is 0.0695 e. The Labute approximate surface area is 110 Å². The van der Waals surface area contributed by atoms with Crippen LogP contribution in [-0.4, -0.2) is 29.2 Å². The molecule has 1 aliphatic rings. The van der Waals surface area contributed by atoms with Gasteiger partial charge in [-0.05, 0) is 31.0 Å². The van der Waals surface area contributed by atoms with Gasteiger partial charge in [0.2, 0.25) is 0 Å². The molecule has 1 saturated carbocycles. The highest BCUT2D eigenvalue weighted by Crippen LogP contribution is 2.24. The molecule has 0 aliphatic heterocycles. The van der Waals surface area contributed by atoms with Crippen molar-refractivity contribution in [3.63, 3.8) is 0 Å². The lowest BCUT2D eigenvalue weighted by molar-refractivity contribution is 0.0287.